The van der Waals surface area contributed by atoms with Gasteiger partial charge in [-0.2, -0.15) is 0 Å². The largest absolute Gasteiger partial charge is 0.458 e. The predicted molar refractivity (Wildman–Crippen MR) is 92.9 cm³/mol. The Morgan fingerprint density at radius 1 is 0.600 bits per heavy atom. The summed E-state index contributed by atoms with van der Waals surface area (Å²) in [6.07, 6.45) is 0. The van der Waals surface area contributed by atoms with Crippen LogP contribution in [-0.4, -0.2) is 49.0 Å². The van der Waals surface area contributed by atoms with Crippen molar-refractivity contribution in [1.29, 1.82) is 0 Å². The van der Waals surface area contributed by atoms with Gasteiger partial charge in [0, 0.05) is 0 Å². The van der Waals surface area contributed by atoms with E-state index in [1.54, 1.807) is 0 Å². The molecule has 0 N–H and O–H groups in total. The van der Waals surface area contributed by atoms with E-state index in [1.807, 2.05) is 0 Å². The molecule has 0 saturated heterocycles. The molecule has 2 aliphatic heterocycles. The number of cyclic esters (lactones) is 4. The van der Waals surface area contributed by atoms with Crippen molar-refractivity contribution in [1.82, 2.24) is 0 Å². The number of carbonyl (C=O) groups is 6. The minimum atomic E-state index is -0.849. The van der Waals surface area contributed by atoms with E-state index >= 15 is 0 Å². The number of hydrogen-bond donors (Lipinski definition) is 0. The number of fused-ring (bicyclic) bond motifs is 2. The lowest BCUT2D eigenvalue weighted by Crippen LogP contribution is -2.15. The van der Waals surface area contributed by atoms with Crippen LogP contribution in [0.2, 0.25) is 0 Å². The van der Waals surface area contributed by atoms with Crippen LogP contribution < -0.4 is 0 Å². The van der Waals surface area contributed by atoms with E-state index in [9.17, 15) is 28.8 Å². The molecule has 30 heavy (non-hydrogen) atoms. The van der Waals surface area contributed by atoms with E-state index in [-0.39, 0.29) is 46.6 Å². The number of ether oxygens (including phenoxy) is 4. The van der Waals surface area contributed by atoms with E-state index in [0.29, 0.717) is 0 Å². The highest BCUT2D eigenvalue weighted by Crippen LogP contribution is 2.22. The van der Waals surface area contributed by atoms with Crippen LogP contribution in [0, 0.1) is 0 Å². The van der Waals surface area contributed by atoms with Crippen LogP contribution in [0.25, 0.3) is 0 Å². The maximum atomic E-state index is 12.1. The van der Waals surface area contributed by atoms with Crippen LogP contribution in [0.3, 0.4) is 0 Å². The van der Waals surface area contributed by atoms with E-state index < -0.39 is 35.8 Å². The van der Waals surface area contributed by atoms with Gasteiger partial charge < -0.3 is 18.9 Å². The van der Waals surface area contributed by atoms with Crippen LogP contribution >= 0.6 is 0 Å². The summed E-state index contributed by atoms with van der Waals surface area (Å²) in [6.45, 7) is -0.562. The highest BCUT2D eigenvalue weighted by Gasteiger charge is 2.31. The molecule has 0 spiro atoms. The van der Waals surface area contributed by atoms with Gasteiger partial charge in [0.2, 0.25) is 0 Å². The molecule has 0 saturated carbocycles. The van der Waals surface area contributed by atoms with Gasteiger partial charge in [0.15, 0.2) is 0 Å². The second-order valence-electron chi connectivity index (χ2n) is 6.15. The van der Waals surface area contributed by atoms with Gasteiger partial charge in [-0.25, -0.2) is 28.8 Å². The first-order chi connectivity index (χ1) is 14.3. The second kappa shape index (κ2) is 7.24. The summed E-state index contributed by atoms with van der Waals surface area (Å²) in [7, 11) is 0. The molecule has 0 fully saturated rings. The molecule has 0 atom stereocenters. The molecule has 2 aromatic carbocycles. The molecular formula is C20H10O10. The van der Waals surface area contributed by atoms with Gasteiger partial charge in [0.25, 0.3) is 0 Å². The summed E-state index contributed by atoms with van der Waals surface area (Å²) in [5, 5.41) is 0. The van der Waals surface area contributed by atoms with Crippen molar-refractivity contribution < 1.29 is 47.7 Å². The van der Waals surface area contributed by atoms with Crippen LogP contribution in [0.1, 0.15) is 62.1 Å². The Balaban J connectivity index is 1.31. The maximum absolute atomic E-state index is 12.1. The van der Waals surface area contributed by atoms with Crippen molar-refractivity contribution >= 4 is 35.8 Å². The molecule has 10 nitrogen and oxygen atoms in total. The summed E-state index contributed by atoms with van der Waals surface area (Å²) in [5.41, 5.74) is 0.0989. The Hall–Kier alpha value is -4.34. The van der Waals surface area contributed by atoms with Crippen LogP contribution in [-0.2, 0) is 18.9 Å². The third-order valence-corrected chi connectivity index (χ3v) is 4.31. The fourth-order valence-corrected chi connectivity index (χ4v) is 2.86. The first-order valence-corrected chi connectivity index (χ1v) is 8.50. The Labute approximate surface area is 167 Å². The minimum absolute atomic E-state index is 0.0218. The first-order valence-electron chi connectivity index (χ1n) is 8.50. The van der Waals surface area contributed by atoms with Crippen molar-refractivity contribution in [2.24, 2.45) is 0 Å². The van der Waals surface area contributed by atoms with Gasteiger partial charge in [-0.1, -0.05) is 0 Å². The van der Waals surface area contributed by atoms with E-state index in [2.05, 4.69) is 9.47 Å². The monoisotopic (exact) mass is 410 g/mol. The van der Waals surface area contributed by atoms with Crippen molar-refractivity contribution in [3.8, 4) is 0 Å². The maximum Gasteiger partial charge on any atom is 0.346 e. The van der Waals surface area contributed by atoms with Crippen molar-refractivity contribution in [3.05, 3.63) is 69.8 Å². The van der Waals surface area contributed by atoms with Crippen molar-refractivity contribution in [2.75, 3.05) is 13.2 Å². The normalized spacial score (nSPS) is 14.0. The lowest BCUT2D eigenvalue weighted by atomic mass is 10.1. The van der Waals surface area contributed by atoms with Gasteiger partial charge in [-0.3, -0.25) is 0 Å². The van der Waals surface area contributed by atoms with Gasteiger partial charge in [-0.05, 0) is 36.4 Å². The topological polar surface area (TPSA) is 139 Å². The quantitative estimate of drug-likeness (QED) is 0.307. The summed E-state index contributed by atoms with van der Waals surface area (Å²) in [6, 6.07) is 7.53. The molecule has 2 heterocycles. The Kier molecular flexibility index (Phi) is 4.59. The lowest BCUT2D eigenvalue weighted by Gasteiger charge is -2.07. The zero-order chi connectivity index (χ0) is 21.4. The molecule has 0 amide bonds. The highest BCUT2D eigenvalue weighted by atomic mass is 16.6. The standard InChI is InChI=1S/C20H10O10/c21-15(9-1-3-11-13(7-9)19(25)29-17(11)23)27-5-6-28-16(22)10-2-4-12-14(8-10)20(26)30-18(12)24/h1-4,7-8H,5-6H2. The Bertz CT molecular complexity index is 1070. The molecule has 0 unspecified atom stereocenters. The third kappa shape index (κ3) is 3.30. The molecular weight excluding hydrogens is 400 g/mol. The predicted octanol–water partition coefficient (Wildman–Crippen LogP) is 1.32. The lowest BCUT2D eigenvalue weighted by molar-refractivity contribution is 0.0265. The molecule has 2 aromatic rings. The molecule has 0 bridgehead atoms. The Morgan fingerprint density at radius 3 is 1.37 bits per heavy atom. The molecule has 150 valence electrons. The number of esters is 6. The third-order valence-electron chi connectivity index (χ3n) is 4.31. The second-order valence-corrected chi connectivity index (χ2v) is 6.15. The zero-order valence-electron chi connectivity index (χ0n) is 15.0. The summed E-state index contributed by atoms with van der Waals surface area (Å²) >= 11 is 0. The number of hydrogen-bond acceptors (Lipinski definition) is 10. The zero-order valence-corrected chi connectivity index (χ0v) is 15.0. The summed E-state index contributed by atoms with van der Waals surface area (Å²) < 4.78 is 18.8. The van der Waals surface area contributed by atoms with Crippen LogP contribution in [0.4, 0.5) is 0 Å². The summed E-state index contributed by atoms with van der Waals surface area (Å²) in [4.78, 5) is 70.0. The number of carbonyl (C=O) groups excluding carboxylic acids is 6. The molecule has 2 aliphatic rings. The highest BCUT2D eigenvalue weighted by molar-refractivity contribution is 6.16. The van der Waals surface area contributed by atoms with Crippen molar-refractivity contribution in [2.45, 2.75) is 0 Å². The SMILES string of the molecule is O=C(OCCOC(=O)c1ccc2c(c1)C(=O)OC2=O)c1ccc2c(c1)C(=O)OC2=O. The van der Waals surface area contributed by atoms with Crippen LogP contribution in [0.15, 0.2) is 36.4 Å². The fraction of sp³-hybridized carbons (Fsp3) is 0.100. The van der Waals surface area contributed by atoms with Crippen LogP contribution in [0.5, 0.6) is 0 Å². The molecule has 4 rings (SSSR count). The molecule has 0 aliphatic carbocycles. The van der Waals surface area contributed by atoms with Gasteiger partial charge in [-0.15, -0.1) is 0 Å². The van der Waals surface area contributed by atoms with Gasteiger partial charge in [0.1, 0.15) is 13.2 Å². The summed E-state index contributed by atoms with van der Waals surface area (Å²) in [5.74, 6) is -4.85. The Morgan fingerprint density at radius 2 is 0.967 bits per heavy atom. The molecule has 10 heteroatoms. The van der Waals surface area contributed by atoms with Gasteiger partial charge >= 0.3 is 35.8 Å². The molecule has 0 radical (unpaired) electrons. The number of rotatable bonds is 5. The first kappa shape index (κ1) is 19.0. The van der Waals surface area contributed by atoms with E-state index in [0.717, 1.165) is 0 Å². The molecule has 0 aromatic heterocycles. The van der Waals surface area contributed by atoms with E-state index in [4.69, 9.17) is 9.47 Å². The van der Waals surface area contributed by atoms with Gasteiger partial charge in [0.05, 0.1) is 33.4 Å². The number of benzene rings is 2. The average Bonchev–Trinajstić information content (AvgIpc) is 3.19. The van der Waals surface area contributed by atoms with E-state index in [1.165, 1.54) is 36.4 Å². The average molecular weight is 410 g/mol. The fourth-order valence-electron chi connectivity index (χ4n) is 2.86. The minimum Gasteiger partial charge on any atom is -0.458 e. The smallest absolute Gasteiger partial charge is 0.346 e. The van der Waals surface area contributed by atoms with Crippen molar-refractivity contribution in [3.63, 3.8) is 0 Å².